The zero-order valence-corrected chi connectivity index (χ0v) is 10.5. The van der Waals surface area contributed by atoms with Gasteiger partial charge >= 0.3 is 0 Å². The minimum absolute atomic E-state index is 0.384. The van der Waals surface area contributed by atoms with Crippen LogP contribution in [-0.2, 0) is 4.74 Å². The van der Waals surface area contributed by atoms with Gasteiger partial charge in [-0.1, -0.05) is 31.2 Å². The Balaban J connectivity index is 1.87. The van der Waals surface area contributed by atoms with Gasteiger partial charge in [-0.05, 0) is 49.9 Å². The summed E-state index contributed by atoms with van der Waals surface area (Å²) in [6.07, 6.45) is 6.05. The van der Waals surface area contributed by atoms with Gasteiger partial charge in [0, 0.05) is 0 Å². The van der Waals surface area contributed by atoms with Crippen molar-refractivity contribution in [3.05, 3.63) is 24.3 Å². The molecule has 0 amide bonds. The van der Waals surface area contributed by atoms with Gasteiger partial charge in [-0.3, -0.25) is 0 Å². The largest absolute Gasteiger partial charge is 0.369 e. The number of epoxide rings is 1. The van der Waals surface area contributed by atoms with Gasteiger partial charge in [0.2, 0.25) is 0 Å². The molecule has 0 aromatic carbocycles. The van der Waals surface area contributed by atoms with Crippen molar-refractivity contribution in [3.8, 4) is 0 Å². The second kappa shape index (κ2) is 3.22. The molecule has 0 radical (unpaired) electrons. The monoisotopic (exact) mass is 218 g/mol. The predicted molar refractivity (Wildman–Crippen MR) is 66.2 cm³/mol. The lowest BCUT2D eigenvalue weighted by molar-refractivity contribution is 0.0982. The zero-order chi connectivity index (χ0) is 11.5. The van der Waals surface area contributed by atoms with Crippen LogP contribution in [0.2, 0.25) is 0 Å². The van der Waals surface area contributed by atoms with E-state index in [1.54, 1.807) is 0 Å². The van der Waals surface area contributed by atoms with E-state index < -0.39 is 0 Å². The normalized spacial score (nSPS) is 50.5. The molecule has 5 atom stereocenters. The van der Waals surface area contributed by atoms with Crippen LogP contribution in [0.1, 0.15) is 39.5 Å². The molecular formula is C15H22O. The maximum Gasteiger partial charge on any atom is 0.0876 e. The van der Waals surface area contributed by atoms with Crippen LogP contribution in [-0.4, -0.2) is 12.2 Å². The molecule has 88 valence electrons. The summed E-state index contributed by atoms with van der Waals surface area (Å²) < 4.78 is 5.67. The van der Waals surface area contributed by atoms with Crippen molar-refractivity contribution in [2.45, 2.75) is 51.7 Å². The summed E-state index contributed by atoms with van der Waals surface area (Å²) >= 11 is 0. The van der Waals surface area contributed by atoms with E-state index in [1.807, 2.05) is 0 Å². The predicted octanol–water partition coefficient (Wildman–Crippen LogP) is 3.71. The lowest BCUT2D eigenvalue weighted by Gasteiger charge is -2.44. The second-order valence-electron chi connectivity index (χ2n) is 6.18. The van der Waals surface area contributed by atoms with Crippen molar-refractivity contribution >= 4 is 0 Å². The van der Waals surface area contributed by atoms with E-state index in [4.69, 9.17) is 4.74 Å². The molecule has 0 N–H and O–H groups in total. The molecule has 1 heterocycles. The van der Waals surface area contributed by atoms with E-state index in [9.17, 15) is 0 Å². The minimum Gasteiger partial charge on any atom is -0.369 e. The quantitative estimate of drug-likeness (QED) is 0.483. The van der Waals surface area contributed by atoms with E-state index in [0.717, 1.165) is 0 Å². The van der Waals surface area contributed by atoms with E-state index in [1.165, 1.54) is 36.8 Å². The fourth-order valence-electron chi connectivity index (χ4n) is 4.06. The third-order valence-electron chi connectivity index (χ3n) is 5.36. The first-order valence-corrected chi connectivity index (χ1v) is 6.54. The molecule has 1 heteroatoms. The zero-order valence-electron chi connectivity index (χ0n) is 10.5. The SMILES string of the molecule is C=C(C)[C@H]1CCC(=C)[C@]2(C1)C[C@@H]1O[C@@H]1[C@H]2C. The van der Waals surface area contributed by atoms with Crippen molar-refractivity contribution in [1.82, 2.24) is 0 Å². The Bertz CT molecular complexity index is 356. The van der Waals surface area contributed by atoms with Crippen molar-refractivity contribution in [3.63, 3.8) is 0 Å². The molecule has 2 saturated carbocycles. The molecule has 1 spiro atoms. The Morgan fingerprint density at radius 1 is 1.44 bits per heavy atom. The van der Waals surface area contributed by atoms with Gasteiger partial charge in [-0.15, -0.1) is 0 Å². The molecule has 16 heavy (non-hydrogen) atoms. The first kappa shape index (κ1) is 10.6. The fourth-order valence-corrected chi connectivity index (χ4v) is 4.06. The Labute approximate surface area is 98.6 Å². The third kappa shape index (κ3) is 1.27. The number of hydrogen-bond acceptors (Lipinski definition) is 1. The Hall–Kier alpha value is -0.560. The molecule has 0 aromatic rings. The molecule has 3 fully saturated rings. The van der Waals surface area contributed by atoms with Gasteiger partial charge in [-0.2, -0.15) is 0 Å². The molecule has 0 aromatic heterocycles. The highest BCUT2D eigenvalue weighted by Gasteiger charge is 2.62. The van der Waals surface area contributed by atoms with Crippen LogP contribution in [0.4, 0.5) is 0 Å². The molecule has 0 unspecified atom stereocenters. The summed E-state index contributed by atoms with van der Waals surface area (Å²) in [5.41, 5.74) is 3.24. The topological polar surface area (TPSA) is 12.5 Å². The van der Waals surface area contributed by atoms with E-state index in [2.05, 4.69) is 27.0 Å². The average molecular weight is 218 g/mol. The number of rotatable bonds is 1. The van der Waals surface area contributed by atoms with Crippen molar-refractivity contribution in [2.75, 3.05) is 0 Å². The lowest BCUT2D eigenvalue weighted by Crippen LogP contribution is -2.36. The summed E-state index contributed by atoms with van der Waals surface area (Å²) in [6, 6.07) is 0. The molecule has 3 rings (SSSR count). The Morgan fingerprint density at radius 2 is 2.19 bits per heavy atom. The molecular weight excluding hydrogens is 196 g/mol. The summed E-state index contributed by atoms with van der Waals surface area (Å²) in [4.78, 5) is 0. The fraction of sp³-hybridized carbons (Fsp3) is 0.733. The third-order valence-corrected chi connectivity index (χ3v) is 5.36. The number of fused-ring (bicyclic) bond motifs is 1. The molecule has 0 bridgehead atoms. The first-order valence-electron chi connectivity index (χ1n) is 6.54. The number of ether oxygens (including phenoxy) is 1. The molecule has 3 aliphatic rings. The average Bonchev–Trinajstić information content (AvgIpc) is 2.93. The van der Waals surface area contributed by atoms with Gasteiger partial charge < -0.3 is 4.74 Å². The van der Waals surface area contributed by atoms with Crippen LogP contribution in [0.5, 0.6) is 0 Å². The van der Waals surface area contributed by atoms with Crippen LogP contribution in [0.15, 0.2) is 24.3 Å². The highest BCUT2D eigenvalue weighted by atomic mass is 16.6. The standard InChI is InChI=1S/C15H22O/c1-9(2)12-6-5-10(3)15(7-12)8-13-14(16-13)11(15)4/h11-14H,1,3,5-8H2,2,4H3/t11-,12+,13+,14-,15+/m1/s1. The number of allylic oxidation sites excluding steroid dienone is 2. The van der Waals surface area contributed by atoms with Crippen LogP contribution in [0, 0.1) is 17.3 Å². The van der Waals surface area contributed by atoms with Crippen molar-refractivity contribution < 1.29 is 4.74 Å². The second-order valence-corrected chi connectivity index (χ2v) is 6.18. The van der Waals surface area contributed by atoms with Crippen LogP contribution >= 0.6 is 0 Å². The van der Waals surface area contributed by atoms with Crippen molar-refractivity contribution in [2.24, 2.45) is 17.3 Å². The number of hydrogen-bond donors (Lipinski definition) is 0. The van der Waals surface area contributed by atoms with Gasteiger partial charge in [0.15, 0.2) is 0 Å². The van der Waals surface area contributed by atoms with Gasteiger partial charge in [0.05, 0.1) is 12.2 Å². The maximum absolute atomic E-state index is 5.67. The molecule has 1 aliphatic heterocycles. The summed E-state index contributed by atoms with van der Waals surface area (Å²) in [5.74, 6) is 1.39. The summed E-state index contributed by atoms with van der Waals surface area (Å²) in [7, 11) is 0. The maximum atomic E-state index is 5.67. The lowest BCUT2D eigenvalue weighted by atomic mass is 9.61. The van der Waals surface area contributed by atoms with Gasteiger partial charge in [-0.25, -0.2) is 0 Å². The van der Waals surface area contributed by atoms with Crippen LogP contribution < -0.4 is 0 Å². The summed E-state index contributed by atoms with van der Waals surface area (Å²) in [5, 5.41) is 0. The molecule has 1 saturated heterocycles. The van der Waals surface area contributed by atoms with E-state index in [-0.39, 0.29) is 0 Å². The first-order chi connectivity index (χ1) is 7.54. The van der Waals surface area contributed by atoms with Crippen molar-refractivity contribution in [1.29, 1.82) is 0 Å². The Kier molecular flexibility index (Phi) is 2.13. The minimum atomic E-state index is 0.384. The van der Waals surface area contributed by atoms with Crippen LogP contribution in [0.25, 0.3) is 0 Å². The molecule has 2 aliphatic carbocycles. The Morgan fingerprint density at radius 3 is 2.75 bits per heavy atom. The van der Waals surface area contributed by atoms with Gasteiger partial charge in [0.25, 0.3) is 0 Å². The van der Waals surface area contributed by atoms with Gasteiger partial charge in [0.1, 0.15) is 0 Å². The van der Waals surface area contributed by atoms with E-state index in [0.29, 0.717) is 29.5 Å². The smallest absolute Gasteiger partial charge is 0.0876 e. The summed E-state index contributed by atoms with van der Waals surface area (Å²) in [6.45, 7) is 13.1. The molecule has 1 nitrogen and oxygen atoms in total. The highest BCUT2D eigenvalue weighted by molar-refractivity contribution is 5.26. The van der Waals surface area contributed by atoms with Crippen LogP contribution in [0.3, 0.4) is 0 Å². The highest BCUT2D eigenvalue weighted by Crippen LogP contribution is 2.63. The van der Waals surface area contributed by atoms with E-state index >= 15 is 0 Å².